The monoisotopic (exact) mass is 338 g/mol. The first kappa shape index (κ1) is 16.3. The second kappa shape index (κ2) is 6.88. The lowest BCUT2D eigenvalue weighted by molar-refractivity contribution is -0.132. The van der Waals surface area contributed by atoms with Crippen molar-refractivity contribution in [1.29, 1.82) is 0 Å². The minimum atomic E-state index is -0.0143. The maximum absolute atomic E-state index is 12.4. The number of hydrogen-bond donors (Lipinski definition) is 0. The molecule has 1 fully saturated rings. The van der Waals surface area contributed by atoms with Crippen molar-refractivity contribution in [3.63, 3.8) is 0 Å². The number of methoxy groups -OCH3 is 1. The van der Waals surface area contributed by atoms with Crippen molar-refractivity contribution >= 4 is 17.7 Å². The fraction of sp³-hybridized carbons (Fsp3) is 0.562. The van der Waals surface area contributed by atoms with Gasteiger partial charge in [-0.1, -0.05) is 0 Å². The van der Waals surface area contributed by atoms with Gasteiger partial charge in [0.05, 0.1) is 7.11 Å². The summed E-state index contributed by atoms with van der Waals surface area (Å²) in [6.07, 6.45) is 0.594. The van der Waals surface area contributed by atoms with Gasteiger partial charge in [0.1, 0.15) is 5.37 Å². The van der Waals surface area contributed by atoms with Gasteiger partial charge in [0.2, 0.25) is 18.4 Å². The third-order valence-corrected chi connectivity index (χ3v) is 5.23. The van der Waals surface area contributed by atoms with Crippen LogP contribution in [0.15, 0.2) is 12.1 Å². The fourth-order valence-electron chi connectivity index (χ4n) is 2.74. The molecule has 0 spiro atoms. The Bertz CT molecular complexity index is 594. The Hall–Kier alpha value is -1.60. The van der Waals surface area contributed by atoms with Gasteiger partial charge in [0.25, 0.3) is 0 Å². The summed E-state index contributed by atoms with van der Waals surface area (Å²) in [7, 11) is 5.64. The van der Waals surface area contributed by atoms with Gasteiger partial charge in [-0.2, -0.15) is 0 Å². The maximum Gasteiger partial charge on any atom is 0.231 e. The van der Waals surface area contributed by atoms with Gasteiger partial charge in [-0.3, -0.25) is 4.79 Å². The molecular weight excluding hydrogens is 316 g/mol. The lowest BCUT2D eigenvalue weighted by Gasteiger charge is -2.36. The Labute approximate surface area is 140 Å². The molecule has 1 saturated heterocycles. The highest BCUT2D eigenvalue weighted by atomic mass is 32.2. The molecule has 1 aromatic rings. The van der Waals surface area contributed by atoms with E-state index in [1.807, 2.05) is 31.1 Å². The van der Waals surface area contributed by atoms with E-state index in [0.717, 1.165) is 17.9 Å². The molecule has 2 heterocycles. The topological polar surface area (TPSA) is 51.2 Å². The largest absolute Gasteiger partial charge is 0.493 e. The van der Waals surface area contributed by atoms with Crippen LogP contribution in [0.1, 0.15) is 17.4 Å². The quantitative estimate of drug-likeness (QED) is 0.818. The second-order valence-electron chi connectivity index (χ2n) is 5.82. The summed E-state index contributed by atoms with van der Waals surface area (Å²) in [5.74, 6) is 3.01. The van der Waals surface area contributed by atoms with E-state index in [0.29, 0.717) is 30.2 Å². The zero-order valence-corrected chi connectivity index (χ0v) is 14.5. The molecule has 1 atom stereocenters. The van der Waals surface area contributed by atoms with Crippen molar-refractivity contribution in [3.05, 3.63) is 17.7 Å². The highest BCUT2D eigenvalue weighted by Gasteiger charge is 2.32. The molecule has 0 N–H and O–H groups in total. The molecular formula is C16H22N2O4S. The molecule has 0 bridgehead atoms. The predicted octanol–water partition coefficient (Wildman–Crippen LogP) is 1.95. The normalized spacial score (nSPS) is 20.3. The Morgan fingerprint density at radius 1 is 1.39 bits per heavy atom. The molecule has 0 aromatic heterocycles. The van der Waals surface area contributed by atoms with Gasteiger partial charge in [0.15, 0.2) is 11.5 Å². The third-order valence-electron chi connectivity index (χ3n) is 3.95. The fourth-order valence-corrected chi connectivity index (χ4v) is 3.99. The van der Waals surface area contributed by atoms with Crippen molar-refractivity contribution in [1.82, 2.24) is 9.80 Å². The molecule has 0 aliphatic carbocycles. The molecule has 2 aliphatic heterocycles. The van der Waals surface area contributed by atoms with Gasteiger partial charge in [-0.05, 0) is 31.8 Å². The van der Waals surface area contributed by atoms with Crippen LogP contribution in [0.25, 0.3) is 0 Å². The van der Waals surface area contributed by atoms with Crippen molar-refractivity contribution in [2.45, 2.75) is 11.8 Å². The summed E-state index contributed by atoms with van der Waals surface area (Å²) < 4.78 is 16.4. The van der Waals surface area contributed by atoms with Gasteiger partial charge >= 0.3 is 0 Å². The Morgan fingerprint density at radius 2 is 2.22 bits per heavy atom. The summed E-state index contributed by atoms with van der Waals surface area (Å²) in [6.45, 7) is 1.75. The van der Waals surface area contributed by atoms with E-state index in [4.69, 9.17) is 14.2 Å². The van der Waals surface area contributed by atoms with E-state index < -0.39 is 0 Å². The number of ether oxygens (including phenoxy) is 3. The van der Waals surface area contributed by atoms with Crippen LogP contribution in [-0.2, 0) is 4.79 Å². The summed E-state index contributed by atoms with van der Waals surface area (Å²) in [5, 5.41) is -0.0143. The maximum atomic E-state index is 12.4. The number of hydrogen-bond acceptors (Lipinski definition) is 6. The molecule has 1 unspecified atom stereocenters. The average molecular weight is 338 g/mol. The van der Waals surface area contributed by atoms with Crippen LogP contribution in [0.5, 0.6) is 17.2 Å². The number of benzene rings is 1. The van der Waals surface area contributed by atoms with Crippen molar-refractivity contribution in [2.75, 3.05) is 46.8 Å². The lowest BCUT2D eigenvalue weighted by atomic mass is 10.1. The van der Waals surface area contributed by atoms with E-state index in [-0.39, 0.29) is 18.1 Å². The zero-order chi connectivity index (χ0) is 16.4. The number of carbonyl (C=O) groups is 1. The summed E-state index contributed by atoms with van der Waals surface area (Å²) in [5.41, 5.74) is 1.02. The molecule has 1 amide bonds. The van der Waals surface area contributed by atoms with E-state index in [1.54, 1.807) is 18.9 Å². The summed E-state index contributed by atoms with van der Waals surface area (Å²) in [4.78, 5) is 16.4. The molecule has 7 heteroatoms. The van der Waals surface area contributed by atoms with Gasteiger partial charge in [-0.15, -0.1) is 11.8 Å². The van der Waals surface area contributed by atoms with Crippen LogP contribution in [0.3, 0.4) is 0 Å². The minimum Gasteiger partial charge on any atom is -0.493 e. The Kier molecular flexibility index (Phi) is 4.87. The number of thioether (sulfide) groups is 1. The predicted molar refractivity (Wildman–Crippen MR) is 89.2 cm³/mol. The number of carbonyl (C=O) groups excluding carboxylic acids is 1. The summed E-state index contributed by atoms with van der Waals surface area (Å²) in [6, 6.07) is 3.91. The first-order chi connectivity index (χ1) is 11.1. The number of amides is 1. The van der Waals surface area contributed by atoms with Gasteiger partial charge in [-0.25, -0.2) is 0 Å². The van der Waals surface area contributed by atoms with Crippen molar-refractivity contribution in [3.8, 4) is 17.2 Å². The van der Waals surface area contributed by atoms with Crippen LogP contribution in [0.2, 0.25) is 0 Å². The van der Waals surface area contributed by atoms with Crippen LogP contribution in [0, 0.1) is 0 Å². The first-order valence-electron chi connectivity index (χ1n) is 7.63. The van der Waals surface area contributed by atoms with Crippen LogP contribution >= 0.6 is 11.8 Å². The second-order valence-corrected chi connectivity index (χ2v) is 7.01. The van der Waals surface area contributed by atoms with Crippen LogP contribution in [-0.4, -0.2) is 62.5 Å². The van der Waals surface area contributed by atoms with E-state index >= 15 is 0 Å². The molecule has 23 heavy (non-hydrogen) atoms. The molecule has 1 aromatic carbocycles. The molecule has 0 saturated carbocycles. The highest BCUT2D eigenvalue weighted by Crippen LogP contribution is 2.46. The smallest absolute Gasteiger partial charge is 0.231 e. The van der Waals surface area contributed by atoms with Crippen molar-refractivity contribution in [2.24, 2.45) is 0 Å². The Morgan fingerprint density at radius 3 is 2.96 bits per heavy atom. The number of likely N-dealkylation sites (N-methyl/N-ethyl adjacent to an activating group) is 1. The average Bonchev–Trinajstić information content (AvgIpc) is 3.00. The van der Waals surface area contributed by atoms with Crippen LogP contribution < -0.4 is 14.2 Å². The molecule has 3 rings (SSSR count). The standard InChI is InChI=1S/C16H22N2O4S/c1-17(2)5-6-18-14(19)4-7-23-16(18)11-8-12(20-3)15-13(9-11)21-10-22-15/h8-9,16H,4-7,10H2,1-3H3. The third kappa shape index (κ3) is 3.35. The number of fused-ring (bicyclic) bond motifs is 1. The SMILES string of the molecule is COc1cc(C2SCCC(=O)N2CCN(C)C)cc2c1OCO2. The van der Waals surface area contributed by atoms with E-state index in [2.05, 4.69) is 4.90 Å². The first-order valence-corrected chi connectivity index (χ1v) is 8.68. The zero-order valence-electron chi connectivity index (χ0n) is 13.7. The Balaban J connectivity index is 1.90. The highest BCUT2D eigenvalue weighted by molar-refractivity contribution is 7.99. The number of rotatable bonds is 5. The lowest BCUT2D eigenvalue weighted by Crippen LogP contribution is -2.41. The van der Waals surface area contributed by atoms with Crippen LogP contribution in [0.4, 0.5) is 0 Å². The van der Waals surface area contributed by atoms with Gasteiger partial charge in [0, 0.05) is 25.3 Å². The van der Waals surface area contributed by atoms with Gasteiger partial charge < -0.3 is 24.0 Å². The molecule has 126 valence electrons. The van der Waals surface area contributed by atoms with Crippen molar-refractivity contribution < 1.29 is 19.0 Å². The van der Waals surface area contributed by atoms with E-state index in [9.17, 15) is 4.79 Å². The van der Waals surface area contributed by atoms with E-state index in [1.165, 1.54) is 0 Å². The minimum absolute atomic E-state index is 0.0143. The number of nitrogens with zero attached hydrogens (tertiary/aromatic N) is 2. The molecule has 2 aliphatic rings. The molecule has 6 nitrogen and oxygen atoms in total. The summed E-state index contributed by atoms with van der Waals surface area (Å²) >= 11 is 1.78. The molecule has 0 radical (unpaired) electrons.